The van der Waals surface area contributed by atoms with Crippen molar-refractivity contribution < 1.29 is 26.7 Å². The Bertz CT molecular complexity index is 1330. The van der Waals surface area contributed by atoms with Crippen molar-refractivity contribution in [3.8, 4) is 0 Å². The fourth-order valence-electron chi connectivity index (χ4n) is 3.00. The van der Waals surface area contributed by atoms with Crippen LogP contribution < -0.4 is 4.72 Å². The lowest BCUT2D eigenvalue weighted by Gasteiger charge is -2.15. The summed E-state index contributed by atoms with van der Waals surface area (Å²) >= 11 is 0. The van der Waals surface area contributed by atoms with Crippen LogP contribution in [-0.4, -0.2) is 27.9 Å². The van der Waals surface area contributed by atoms with Gasteiger partial charge in [0.15, 0.2) is 0 Å². The Morgan fingerprint density at radius 3 is 2.10 bits per heavy atom. The molecule has 0 spiro atoms. The number of hydrogen-bond acceptors (Lipinski definition) is 5. The molecule has 3 aromatic rings. The summed E-state index contributed by atoms with van der Waals surface area (Å²) < 4.78 is 54.5. The van der Waals surface area contributed by atoms with E-state index in [2.05, 4.69) is 4.72 Å². The molecule has 30 heavy (non-hydrogen) atoms. The van der Waals surface area contributed by atoms with E-state index < -0.39 is 25.8 Å². The third-order valence-corrected chi connectivity index (χ3v) is 7.85. The summed E-state index contributed by atoms with van der Waals surface area (Å²) in [4.78, 5) is 10.9. The van der Waals surface area contributed by atoms with Gasteiger partial charge in [0.1, 0.15) is 0 Å². The number of hydrogen-bond donors (Lipinski definition) is 2. The molecular weight excluding hydrogens is 426 g/mol. The number of sulfone groups is 1. The zero-order chi connectivity index (χ0) is 22.1. The number of carboxylic acid groups (broad SMARTS) is 1. The molecule has 3 rings (SSSR count). The van der Waals surface area contributed by atoms with Crippen LogP contribution in [0.15, 0.2) is 81.4 Å². The molecule has 0 aliphatic rings. The van der Waals surface area contributed by atoms with Crippen molar-refractivity contribution in [3.63, 3.8) is 0 Å². The van der Waals surface area contributed by atoms with Gasteiger partial charge < -0.3 is 5.11 Å². The zero-order valence-corrected chi connectivity index (χ0v) is 17.8. The molecule has 0 aliphatic carbocycles. The Morgan fingerprint density at radius 2 is 1.47 bits per heavy atom. The number of benzene rings is 3. The smallest absolute Gasteiger partial charge is 0.335 e. The van der Waals surface area contributed by atoms with E-state index in [1.54, 1.807) is 25.1 Å². The molecule has 3 aromatic carbocycles. The van der Waals surface area contributed by atoms with Gasteiger partial charge in [-0.1, -0.05) is 24.3 Å². The van der Waals surface area contributed by atoms with Gasteiger partial charge in [-0.2, -0.15) is 0 Å². The van der Waals surface area contributed by atoms with E-state index >= 15 is 0 Å². The molecule has 0 fully saturated rings. The van der Waals surface area contributed by atoms with E-state index in [4.69, 9.17) is 5.11 Å². The van der Waals surface area contributed by atoms with E-state index in [0.717, 1.165) is 0 Å². The summed E-state index contributed by atoms with van der Waals surface area (Å²) in [5, 5.41) is 9.10. The van der Waals surface area contributed by atoms with Crippen LogP contribution in [0.25, 0.3) is 0 Å². The Kier molecular flexibility index (Phi) is 5.69. The maximum Gasteiger partial charge on any atom is 0.335 e. The second-order valence-electron chi connectivity index (χ2n) is 6.69. The number of rotatable bonds is 6. The molecule has 0 aromatic heterocycles. The van der Waals surface area contributed by atoms with Crippen LogP contribution in [0.2, 0.25) is 0 Å². The van der Waals surface area contributed by atoms with Crippen molar-refractivity contribution in [2.75, 3.05) is 4.72 Å². The van der Waals surface area contributed by atoms with E-state index in [0.29, 0.717) is 5.56 Å². The van der Waals surface area contributed by atoms with Crippen LogP contribution in [0.5, 0.6) is 0 Å². The average molecular weight is 446 g/mol. The van der Waals surface area contributed by atoms with Crippen molar-refractivity contribution >= 4 is 31.5 Å². The first-order valence-corrected chi connectivity index (χ1v) is 11.8. The maximum atomic E-state index is 13.1. The van der Waals surface area contributed by atoms with Gasteiger partial charge >= 0.3 is 5.97 Å². The molecule has 9 heteroatoms. The number of aromatic carboxylic acids is 1. The highest BCUT2D eigenvalue weighted by Crippen LogP contribution is 2.30. The van der Waals surface area contributed by atoms with E-state index in [9.17, 15) is 21.6 Å². The number of carbonyl (C=O) groups is 1. The third-order valence-electron chi connectivity index (χ3n) is 4.45. The zero-order valence-electron chi connectivity index (χ0n) is 16.2. The summed E-state index contributed by atoms with van der Waals surface area (Å²) in [6, 6.07) is 15.9. The molecule has 0 saturated heterocycles. The van der Waals surface area contributed by atoms with Crippen LogP contribution >= 0.6 is 0 Å². The second-order valence-corrected chi connectivity index (χ2v) is 10.3. The van der Waals surface area contributed by atoms with Crippen LogP contribution in [0.4, 0.5) is 5.69 Å². The van der Waals surface area contributed by atoms with Crippen molar-refractivity contribution in [3.05, 3.63) is 83.4 Å². The number of sulfonamides is 1. The quantitative estimate of drug-likeness (QED) is 0.598. The first kappa shape index (κ1) is 21.5. The van der Waals surface area contributed by atoms with Crippen molar-refractivity contribution in [1.29, 1.82) is 0 Å². The Morgan fingerprint density at radius 1 is 0.833 bits per heavy atom. The summed E-state index contributed by atoms with van der Waals surface area (Å²) in [5.41, 5.74) is 0.507. The molecule has 0 atom stereocenters. The van der Waals surface area contributed by atoms with Gasteiger partial charge in [0.2, 0.25) is 9.84 Å². The van der Waals surface area contributed by atoms with Gasteiger partial charge in [0.05, 0.1) is 20.2 Å². The molecule has 7 nitrogen and oxygen atoms in total. The minimum absolute atomic E-state index is 0.0586. The lowest BCUT2D eigenvalue weighted by molar-refractivity contribution is 0.0697. The van der Waals surface area contributed by atoms with Crippen LogP contribution in [0, 0.1) is 13.8 Å². The molecule has 0 saturated carbocycles. The molecule has 0 radical (unpaired) electrons. The summed E-state index contributed by atoms with van der Waals surface area (Å²) in [6.07, 6.45) is 0. The number of nitrogens with one attached hydrogen (secondary N) is 1. The highest BCUT2D eigenvalue weighted by atomic mass is 32.2. The Labute approximate surface area is 175 Å². The standard InChI is InChI=1S/C21H19NO6S2/c1-14-11-19(29(25,26)18-9-4-3-5-10-18)15(2)20(12-14)30(27,28)22-17-8-6-7-16(13-17)21(23)24/h3-13,22H,1-2H3,(H,23,24). The predicted molar refractivity (Wildman–Crippen MR) is 112 cm³/mol. The number of carboxylic acids is 1. The third kappa shape index (κ3) is 4.22. The second kappa shape index (κ2) is 7.92. The number of aryl methyl sites for hydroxylation is 1. The van der Waals surface area contributed by atoms with Gasteiger partial charge in [-0.25, -0.2) is 21.6 Å². The van der Waals surface area contributed by atoms with Gasteiger partial charge in [0, 0.05) is 5.69 Å². The molecular formula is C21H19NO6S2. The van der Waals surface area contributed by atoms with Crippen molar-refractivity contribution in [2.45, 2.75) is 28.5 Å². The molecule has 2 N–H and O–H groups in total. The SMILES string of the molecule is Cc1cc(S(=O)(=O)Nc2cccc(C(=O)O)c2)c(C)c(S(=O)(=O)c2ccccc2)c1. The fraction of sp³-hybridized carbons (Fsp3) is 0.0952. The van der Waals surface area contributed by atoms with Gasteiger partial charge in [-0.05, 0) is 67.4 Å². The van der Waals surface area contributed by atoms with E-state index in [1.807, 2.05) is 0 Å². The van der Waals surface area contributed by atoms with Crippen LogP contribution in [0.1, 0.15) is 21.5 Å². The average Bonchev–Trinajstić information content (AvgIpc) is 2.69. The van der Waals surface area contributed by atoms with Gasteiger partial charge in [0.25, 0.3) is 10.0 Å². The summed E-state index contributed by atoms with van der Waals surface area (Å²) in [7, 11) is -8.12. The molecule has 0 bridgehead atoms. The largest absolute Gasteiger partial charge is 0.478 e. The topological polar surface area (TPSA) is 118 Å². The normalized spacial score (nSPS) is 11.8. The molecule has 156 valence electrons. The van der Waals surface area contributed by atoms with Crippen molar-refractivity contribution in [1.82, 2.24) is 0 Å². The van der Waals surface area contributed by atoms with Crippen LogP contribution in [0.3, 0.4) is 0 Å². The highest BCUT2D eigenvalue weighted by Gasteiger charge is 2.26. The Hall–Kier alpha value is -3.17. The summed E-state index contributed by atoms with van der Waals surface area (Å²) in [6.45, 7) is 3.03. The maximum absolute atomic E-state index is 13.1. The molecule has 0 unspecified atom stereocenters. The molecule has 0 aliphatic heterocycles. The predicted octanol–water partition coefficient (Wildman–Crippen LogP) is 3.64. The van der Waals surface area contributed by atoms with Crippen LogP contribution in [-0.2, 0) is 19.9 Å². The van der Waals surface area contributed by atoms with E-state index in [-0.39, 0.29) is 31.5 Å². The minimum atomic E-state index is -4.18. The summed E-state index contributed by atoms with van der Waals surface area (Å²) in [5.74, 6) is -1.20. The first-order valence-electron chi connectivity index (χ1n) is 8.80. The molecule has 0 heterocycles. The van der Waals surface area contributed by atoms with Gasteiger partial charge in [-0.15, -0.1) is 0 Å². The fourth-order valence-corrected chi connectivity index (χ4v) is 6.09. The highest BCUT2D eigenvalue weighted by molar-refractivity contribution is 7.93. The van der Waals surface area contributed by atoms with Gasteiger partial charge in [-0.3, -0.25) is 4.72 Å². The minimum Gasteiger partial charge on any atom is -0.478 e. The molecule has 0 amide bonds. The lowest BCUT2D eigenvalue weighted by Crippen LogP contribution is -2.17. The number of anilines is 1. The van der Waals surface area contributed by atoms with E-state index in [1.165, 1.54) is 55.5 Å². The van der Waals surface area contributed by atoms with Crippen molar-refractivity contribution in [2.24, 2.45) is 0 Å². The first-order chi connectivity index (χ1) is 14.0. The Balaban J connectivity index is 2.11. The monoisotopic (exact) mass is 445 g/mol. The lowest BCUT2D eigenvalue weighted by atomic mass is 10.2.